The zero-order chi connectivity index (χ0) is 14.8. The first-order valence-electron chi connectivity index (χ1n) is 6.97. The van der Waals surface area contributed by atoms with Gasteiger partial charge in [0.1, 0.15) is 0 Å². The van der Waals surface area contributed by atoms with Crippen molar-refractivity contribution in [1.82, 2.24) is 10.1 Å². The Morgan fingerprint density at radius 3 is 3.05 bits per heavy atom. The Labute approximate surface area is 122 Å². The molecule has 6 nitrogen and oxygen atoms in total. The molecule has 3 rings (SSSR count). The van der Waals surface area contributed by atoms with E-state index in [4.69, 9.17) is 13.7 Å². The average molecular weight is 290 g/mol. The van der Waals surface area contributed by atoms with Crippen LogP contribution in [0.15, 0.2) is 33.4 Å². The van der Waals surface area contributed by atoms with Crippen molar-refractivity contribution in [3.05, 3.63) is 30.2 Å². The minimum atomic E-state index is -0.138. The maximum atomic E-state index is 11.7. The van der Waals surface area contributed by atoms with Crippen LogP contribution in [0.5, 0.6) is 0 Å². The van der Waals surface area contributed by atoms with Crippen LogP contribution in [0.1, 0.15) is 12.6 Å². The fourth-order valence-electron chi connectivity index (χ4n) is 2.80. The Kier molecular flexibility index (Phi) is 3.79. The van der Waals surface area contributed by atoms with E-state index in [1.807, 2.05) is 12.1 Å². The molecule has 1 saturated heterocycles. The van der Waals surface area contributed by atoms with Crippen LogP contribution in [0.4, 0.5) is 0 Å². The summed E-state index contributed by atoms with van der Waals surface area (Å²) in [6.07, 6.45) is 1.60. The Bertz CT molecular complexity index is 605. The van der Waals surface area contributed by atoms with Crippen LogP contribution in [0.25, 0.3) is 11.5 Å². The van der Waals surface area contributed by atoms with Crippen LogP contribution in [0.2, 0.25) is 0 Å². The van der Waals surface area contributed by atoms with Gasteiger partial charge in [-0.05, 0) is 18.1 Å². The molecule has 1 aliphatic heterocycles. The van der Waals surface area contributed by atoms with E-state index in [-0.39, 0.29) is 17.8 Å². The van der Waals surface area contributed by atoms with E-state index in [0.29, 0.717) is 24.6 Å². The summed E-state index contributed by atoms with van der Waals surface area (Å²) in [6.45, 7) is 4.26. The molecular formula is C15H18N2O4. The van der Waals surface area contributed by atoms with Gasteiger partial charge in [-0.1, -0.05) is 12.1 Å². The van der Waals surface area contributed by atoms with Gasteiger partial charge in [-0.25, -0.2) is 0 Å². The van der Waals surface area contributed by atoms with Crippen LogP contribution in [-0.4, -0.2) is 36.2 Å². The third-order valence-electron chi connectivity index (χ3n) is 3.90. The summed E-state index contributed by atoms with van der Waals surface area (Å²) in [5.74, 6) is 1.37. The van der Waals surface area contributed by atoms with Gasteiger partial charge in [-0.3, -0.25) is 9.69 Å². The summed E-state index contributed by atoms with van der Waals surface area (Å²) in [4.78, 5) is 13.9. The summed E-state index contributed by atoms with van der Waals surface area (Å²) in [5.41, 5.74) is 0.833. The highest BCUT2D eigenvalue weighted by atomic mass is 16.5. The Balaban J connectivity index is 1.64. The predicted octanol–water partition coefficient (Wildman–Crippen LogP) is 2.18. The molecule has 0 radical (unpaired) electrons. The van der Waals surface area contributed by atoms with E-state index in [1.54, 1.807) is 12.3 Å². The molecule has 0 aliphatic carbocycles. The summed E-state index contributed by atoms with van der Waals surface area (Å²) in [7, 11) is 1.44. The molecule has 0 saturated carbocycles. The molecule has 0 bridgehead atoms. The first-order valence-corrected chi connectivity index (χ1v) is 6.97. The maximum Gasteiger partial charge on any atom is 0.310 e. The molecule has 21 heavy (non-hydrogen) atoms. The van der Waals surface area contributed by atoms with Crippen molar-refractivity contribution in [2.24, 2.45) is 11.8 Å². The van der Waals surface area contributed by atoms with Crippen LogP contribution < -0.4 is 0 Å². The number of carbonyl (C=O) groups excluding carboxylic acids is 1. The number of hydrogen-bond donors (Lipinski definition) is 0. The van der Waals surface area contributed by atoms with Gasteiger partial charge in [0.25, 0.3) is 0 Å². The SMILES string of the molecule is COC(=O)C1CN(Cc2cc(-c3ccco3)on2)CC1C. The number of furan rings is 1. The number of methoxy groups -OCH3 is 1. The molecule has 1 aliphatic rings. The number of esters is 1. The molecule has 0 spiro atoms. The third kappa shape index (κ3) is 2.85. The number of likely N-dealkylation sites (tertiary alicyclic amines) is 1. The molecular weight excluding hydrogens is 272 g/mol. The van der Waals surface area contributed by atoms with Gasteiger partial charge >= 0.3 is 5.97 Å². The summed E-state index contributed by atoms with van der Waals surface area (Å²) in [5, 5.41) is 4.06. The molecule has 0 aromatic carbocycles. The molecule has 2 aromatic rings. The number of aromatic nitrogens is 1. The van der Waals surface area contributed by atoms with E-state index in [1.165, 1.54) is 7.11 Å². The second kappa shape index (κ2) is 5.73. The molecule has 2 unspecified atom stereocenters. The molecule has 2 aromatic heterocycles. The average Bonchev–Trinajstić information content (AvgIpc) is 3.18. The highest BCUT2D eigenvalue weighted by molar-refractivity contribution is 5.73. The number of ether oxygens (including phenoxy) is 1. The molecule has 3 heterocycles. The smallest absolute Gasteiger partial charge is 0.310 e. The molecule has 112 valence electrons. The van der Waals surface area contributed by atoms with Crippen LogP contribution in [0, 0.1) is 11.8 Å². The van der Waals surface area contributed by atoms with Crippen molar-refractivity contribution in [3.63, 3.8) is 0 Å². The van der Waals surface area contributed by atoms with Gasteiger partial charge in [0.05, 0.1) is 25.0 Å². The zero-order valence-electron chi connectivity index (χ0n) is 12.1. The van der Waals surface area contributed by atoms with Crippen molar-refractivity contribution in [2.75, 3.05) is 20.2 Å². The van der Waals surface area contributed by atoms with Gasteiger partial charge in [0.2, 0.25) is 5.76 Å². The lowest BCUT2D eigenvalue weighted by Gasteiger charge is -2.12. The van der Waals surface area contributed by atoms with Gasteiger partial charge in [0, 0.05) is 25.7 Å². The monoisotopic (exact) mass is 290 g/mol. The van der Waals surface area contributed by atoms with Crippen molar-refractivity contribution >= 4 is 5.97 Å². The molecule has 1 fully saturated rings. The van der Waals surface area contributed by atoms with Crippen LogP contribution >= 0.6 is 0 Å². The van der Waals surface area contributed by atoms with Crippen molar-refractivity contribution in [1.29, 1.82) is 0 Å². The van der Waals surface area contributed by atoms with E-state index < -0.39 is 0 Å². The van der Waals surface area contributed by atoms with Crippen molar-refractivity contribution in [2.45, 2.75) is 13.5 Å². The second-order valence-corrected chi connectivity index (χ2v) is 5.46. The lowest BCUT2D eigenvalue weighted by molar-refractivity contribution is -0.146. The van der Waals surface area contributed by atoms with Gasteiger partial charge < -0.3 is 13.7 Å². The normalized spacial score (nSPS) is 22.6. The zero-order valence-corrected chi connectivity index (χ0v) is 12.1. The summed E-state index contributed by atoms with van der Waals surface area (Å²) >= 11 is 0. The quantitative estimate of drug-likeness (QED) is 0.804. The largest absolute Gasteiger partial charge is 0.469 e. The number of hydrogen-bond acceptors (Lipinski definition) is 6. The maximum absolute atomic E-state index is 11.7. The Hall–Kier alpha value is -2.08. The van der Waals surface area contributed by atoms with Gasteiger partial charge in [0.15, 0.2) is 5.76 Å². The van der Waals surface area contributed by atoms with E-state index in [9.17, 15) is 4.79 Å². The lowest BCUT2D eigenvalue weighted by Crippen LogP contribution is -2.24. The van der Waals surface area contributed by atoms with E-state index >= 15 is 0 Å². The van der Waals surface area contributed by atoms with Crippen molar-refractivity contribution < 1.29 is 18.5 Å². The van der Waals surface area contributed by atoms with Crippen LogP contribution in [-0.2, 0) is 16.1 Å². The lowest BCUT2D eigenvalue weighted by atomic mass is 9.99. The first-order chi connectivity index (χ1) is 10.2. The Morgan fingerprint density at radius 1 is 1.48 bits per heavy atom. The minimum Gasteiger partial charge on any atom is -0.469 e. The number of rotatable bonds is 4. The molecule has 6 heteroatoms. The highest BCUT2D eigenvalue weighted by Gasteiger charge is 2.35. The predicted molar refractivity (Wildman–Crippen MR) is 74.2 cm³/mol. The summed E-state index contributed by atoms with van der Waals surface area (Å²) in [6, 6.07) is 5.51. The first kappa shape index (κ1) is 13.9. The topological polar surface area (TPSA) is 68.7 Å². The summed E-state index contributed by atoms with van der Waals surface area (Å²) < 4.78 is 15.4. The minimum absolute atomic E-state index is 0.0635. The van der Waals surface area contributed by atoms with Crippen LogP contribution in [0.3, 0.4) is 0 Å². The molecule has 0 amide bonds. The highest BCUT2D eigenvalue weighted by Crippen LogP contribution is 2.26. The van der Waals surface area contributed by atoms with Gasteiger partial charge in [-0.15, -0.1) is 0 Å². The second-order valence-electron chi connectivity index (χ2n) is 5.46. The van der Waals surface area contributed by atoms with E-state index in [2.05, 4.69) is 17.0 Å². The van der Waals surface area contributed by atoms with Crippen molar-refractivity contribution in [3.8, 4) is 11.5 Å². The molecule has 0 N–H and O–H groups in total. The number of nitrogens with zero attached hydrogens (tertiary/aromatic N) is 2. The Morgan fingerprint density at radius 2 is 2.33 bits per heavy atom. The fraction of sp³-hybridized carbons (Fsp3) is 0.467. The fourth-order valence-corrected chi connectivity index (χ4v) is 2.80. The molecule has 2 atom stereocenters. The standard InChI is InChI=1S/C15H18N2O4/c1-10-7-17(9-12(10)15(18)19-2)8-11-6-14(21-16-11)13-4-3-5-20-13/h3-6,10,12H,7-9H2,1-2H3. The van der Waals surface area contributed by atoms with E-state index in [0.717, 1.165) is 12.2 Å². The number of carbonyl (C=O) groups is 1. The third-order valence-corrected chi connectivity index (χ3v) is 3.90. The van der Waals surface area contributed by atoms with Gasteiger partial charge in [-0.2, -0.15) is 0 Å².